The van der Waals surface area contributed by atoms with E-state index in [9.17, 15) is 0 Å². The SMILES string of the molecule is CCN1C=[N+](C)CC1.[Br-]. The molecule has 9 heavy (non-hydrogen) atoms. The van der Waals surface area contributed by atoms with Gasteiger partial charge in [-0.15, -0.1) is 0 Å². The van der Waals surface area contributed by atoms with Crippen molar-refractivity contribution in [2.24, 2.45) is 0 Å². The summed E-state index contributed by atoms with van der Waals surface area (Å²) in [6.45, 7) is 5.71. The number of nitrogens with zero attached hydrogens (tertiary/aromatic N) is 2. The molecule has 0 spiro atoms. The Hall–Kier alpha value is -0.0500. The zero-order valence-corrected chi connectivity index (χ0v) is 7.56. The van der Waals surface area contributed by atoms with Crippen molar-refractivity contribution in [3.8, 4) is 0 Å². The van der Waals surface area contributed by atoms with Crippen molar-refractivity contribution in [2.45, 2.75) is 6.92 Å². The lowest BCUT2D eigenvalue weighted by Crippen LogP contribution is -3.00. The molecule has 54 valence electrons. The molecule has 0 atom stereocenters. The van der Waals surface area contributed by atoms with Gasteiger partial charge in [0.15, 0.2) is 0 Å². The van der Waals surface area contributed by atoms with Gasteiger partial charge in [-0.1, -0.05) is 0 Å². The second-order valence-corrected chi connectivity index (χ2v) is 2.22. The van der Waals surface area contributed by atoms with Gasteiger partial charge in [0, 0.05) is 0 Å². The Bertz CT molecular complexity index is 112. The molecule has 0 aromatic carbocycles. The van der Waals surface area contributed by atoms with Gasteiger partial charge in [0.1, 0.15) is 13.1 Å². The third-order valence-corrected chi connectivity index (χ3v) is 1.51. The van der Waals surface area contributed by atoms with E-state index in [1.165, 1.54) is 13.1 Å². The molecule has 2 nitrogen and oxygen atoms in total. The van der Waals surface area contributed by atoms with Gasteiger partial charge < -0.3 is 17.0 Å². The molecule has 0 unspecified atom stereocenters. The molecule has 1 aliphatic heterocycles. The third kappa shape index (κ3) is 2.35. The van der Waals surface area contributed by atoms with Gasteiger partial charge in [-0.2, -0.15) is 0 Å². The number of likely N-dealkylation sites (N-methyl/N-ethyl adjacent to an activating group) is 2. The summed E-state index contributed by atoms with van der Waals surface area (Å²) in [6, 6.07) is 0. The average molecular weight is 193 g/mol. The Balaban J connectivity index is 0.000000640. The number of hydrogen-bond acceptors (Lipinski definition) is 1. The van der Waals surface area contributed by atoms with Crippen LogP contribution in [0.2, 0.25) is 0 Å². The minimum absolute atomic E-state index is 0. The molecule has 1 heterocycles. The predicted molar refractivity (Wildman–Crippen MR) is 34.4 cm³/mol. The molecule has 0 aliphatic carbocycles. The summed E-state index contributed by atoms with van der Waals surface area (Å²) in [5.41, 5.74) is 0. The molecule has 0 saturated heterocycles. The Kier molecular flexibility index (Phi) is 3.86. The van der Waals surface area contributed by atoms with Crippen LogP contribution in [-0.4, -0.2) is 42.5 Å². The fourth-order valence-corrected chi connectivity index (χ4v) is 0.920. The highest BCUT2D eigenvalue weighted by atomic mass is 79.9. The molecule has 1 rings (SSSR count). The molecule has 0 saturated carbocycles. The molecule has 1 aliphatic rings. The van der Waals surface area contributed by atoms with Crippen LogP contribution in [-0.2, 0) is 0 Å². The molecule has 3 heteroatoms. The molecule has 0 aromatic rings. The second kappa shape index (κ2) is 3.88. The minimum atomic E-state index is 0. The Morgan fingerprint density at radius 2 is 2.33 bits per heavy atom. The normalized spacial score (nSPS) is 17.1. The summed E-state index contributed by atoms with van der Waals surface area (Å²) >= 11 is 0. The lowest BCUT2D eigenvalue weighted by atomic mass is 10.6. The van der Waals surface area contributed by atoms with E-state index in [-0.39, 0.29) is 17.0 Å². The summed E-state index contributed by atoms with van der Waals surface area (Å²) in [5.74, 6) is 0. The van der Waals surface area contributed by atoms with E-state index >= 15 is 0 Å². The highest BCUT2D eigenvalue weighted by Gasteiger charge is 2.12. The highest BCUT2D eigenvalue weighted by Crippen LogP contribution is 1.88. The number of halogens is 1. The summed E-state index contributed by atoms with van der Waals surface area (Å²) < 4.78 is 2.21. The van der Waals surface area contributed by atoms with Gasteiger partial charge in [-0.25, -0.2) is 0 Å². The van der Waals surface area contributed by atoms with Crippen LogP contribution >= 0.6 is 0 Å². The van der Waals surface area contributed by atoms with Gasteiger partial charge >= 0.3 is 0 Å². The minimum Gasteiger partial charge on any atom is -1.00 e. The Morgan fingerprint density at radius 1 is 1.67 bits per heavy atom. The van der Waals surface area contributed by atoms with E-state index in [0.717, 1.165) is 6.54 Å². The van der Waals surface area contributed by atoms with Crippen molar-refractivity contribution in [2.75, 3.05) is 26.7 Å². The van der Waals surface area contributed by atoms with Crippen LogP contribution in [0, 0.1) is 0 Å². The van der Waals surface area contributed by atoms with Crippen molar-refractivity contribution in [3.63, 3.8) is 0 Å². The molecule has 0 fully saturated rings. The fraction of sp³-hybridized carbons (Fsp3) is 0.833. The topological polar surface area (TPSA) is 6.25 Å². The fourth-order valence-electron chi connectivity index (χ4n) is 0.920. The smallest absolute Gasteiger partial charge is 0.234 e. The lowest BCUT2D eigenvalue weighted by molar-refractivity contribution is -0.482. The molecular weight excluding hydrogens is 180 g/mol. The maximum absolute atomic E-state index is 2.31. The van der Waals surface area contributed by atoms with E-state index in [1.807, 2.05) is 0 Å². The number of rotatable bonds is 1. The molecule has 0 aromatic heterocycles. The summed E-state index contributed by atoms with van der Waals surface area (Å²) in [5, 5.41) is 0. The zero-order valence-electron chi connectivity index (χ0n) is 5.97. The summed E-state index contributed by atoms with van der Waals surface area (Å²) in [7, 11) is 2.11. The Morgan fingerprint density at radius 3 is 2.56 bits per heavy atom. The molecule has 0 amide bonds. The van der Waals surface area contributed by atoms with Crippen molar-refractivity contribution in [3.05, 3.63) is 0 Å². The van der Waals surface area contributed by atoms with Gasteiger partial charge in [0.05, 0.1) is 13.6 Å². The maximum atomic E-state index is 2.31. The molecule has 0 bridgehead atoms. The van der Waals surface area contributed by atoms with E-state index in [0.29, 0.717) is 0 Å². The van der Waals surface area contributed by atoms with E-state index in [1.54, 1.807) is 0 Å². The lowest BCUT2D eigenvalue weighted by Gasteiger charge is -1.98. The standard InChI is InChI=1S/C6H13N2.BrH/c1-3-8-5-4-7(2)6-8;/h6H,3-5H2,1-2H3;1H/q+1;/p-1. The van der Waals surface area contributed by atoms with Gasteiger partial charge in [0.2, 0.25) is 6.34 Å². The summed E-state index contributed by atoms with van der Waals surface area (Å²) in [6.07, 6.45) is 2.17. The van der Waals surface area contributed by atoms with Crippen LogP contribution in [0.25, 0.3) is 0 Å². The quantitative estimate of drug-likeness (QED) is 0.402. The van der Waals surface area contributed by atoms with Crippen LogP contribution in [0.3, 0.4) is 0 Å². The van der Waals surface area contributed by atoms with E-state index < -0.39 is 0 Å². The van der Waals surface area contributed by atoms with Crippen LogP contribution in [0.15, 0.2) is 0 Å². The third-order valence-electron chi connectivity index (χ3n) is 1.51. The number of hydrogen-bond donors (Lipinski definition) is 0. The molecule has 0 radical (unpaired) electrons. The second-order valence-electron chi connectivity index (χ2n) is 2.22. The highest BCUT2D eigenvalue weighted by molar-refractivity contribution is 5.49. The van der Waals surface area contributed by atoms with Crippen LogP contribution in [0.5, 0.6) is 0 Å². The monoisotopic (exact) mass is 192 g/mol. The van der Waals surface area contributed by atoms with Crippen molar-refractivity contribution >= 4 is 6.34 Å². The van der Waals surface area contributed by atoms with E-state index in [2.05, 4.69) is 29.8 Å². The van der Waals surface area contributed by atoms with Crippen molar-refractivity contribution < 1.29 is 21.6 Å². The van der Waals surface area contributed by atoms with Crippen LogP contribution in [0.1, 0.15) is 6.92 Å². The van der Waals surface area contributed by atoms with Crippen molar-refractivity contribution in [1.29, 1.82) is 0 Å². The maximum Gasteiger partial charge on any atom is 0.234 e. The first-order chi connectivity index (χ1) is 3.83. The molecule has 0 N–H and O–H groups in total. The molecular formula is C6H13BrN2. The largest absolute Gasteiger partial charge is 1.00 e. The first-order valence-electron chi connectivity index (χ1n) is 3.12. The van der Waals surface area contributed by atoms with E-state index in [4.69, 9.17) is 0 Å². The predicted octanol–water partition coefficient (Wildman–Crippen LogP) is -3.00. The average Bonchev–Trinajstić information content (AvgIpc) is 2.14. The Labute approximate surface area is 66.9 Å². The van der Waals surface area contributed by atoms with Crippen LogP contribution < -0.4 is 17.0 Å². The van der Waals surface area contributed by atoms with Gasteiger partial charge in [-0.05, 0) is 6.92 Å². The van der Waals surface area contributed by atoms with Crippen molar-refractivity contribution in [1.82, 2.24) is 4.90 Å². The van der Waals surface area contributed by atoms with Crippen LogP contribution in [0.4, 0.5) is 0 Å². The van der Waals surface area contributed by atoms with Gasteiger partial charge in [0.25, 0.3) is 0 Å². The van der Waals surface area contributed by atoms with Gasteiger partial charge in [-0.3, -0.25) is 9.48 Å². The first-order valence-corrected chi connectivity index (χ1v) is 3.12. The zero-order chi connectivity index (χ0) is 5.98. The summed E-state index contributed by atoms with van der Waals surface area (Å²) in [4.78, 5) is 2.31. The first kappa shape index (κ1) is 8.95.